The van der Waals surface area contributed by atoms with Gasteiger partial charge < -0.3 is 15.0 Å². The molecule has 0 aliphatic heterocycles. The predicted molar refractivity (Wildman–Crippen MR) is 62.8 cm³/mol. The average molecular weight is 236 g/mol. The molecule has 0 unspecified atom stereocenters. The summed E-state index contributed by atoms with van der Waals surface area (Å²) in [5.74, 6) is 0.0787. The van der Waals surface area contributed by atoms with Gasteiger partial charge >= 0.3 is 0 Å². The Labute approximate surface area is 99.1 Å². The lowest BCUT2D eigenvalue weighted by Gasteiger charge is -2.34. The summed E-state index contributed by atoms with van der Waals surface area (Å²) in [4.78, 5) is 27.7. The Morgan fingerprint density at radius 3 is 2.88 bits per heavy atom. The molecule has 0 saturated heterocycles. The molecule has 0 aromatic carbocycles. The van der Waals surface area contributed by atoms with Gasteiger partial charge in [0.25, 0.3) is 5.91 Å². The zero-order valence-corrected chi connectivity index (χ0v) is 9.72. The molecule has 5 nitrogen and oxygen atoms in total. The minimum atomic E-state index is -0.270. The molecular formula is C12H16N2O3. The second-order valence-corrected chi connectivity index (χ2v) is 4.60. The Bertz CT molecular complexity index is 463. The van der Waals surface area contributed by atoms with Gasteiger partial charge in [-0.25, -0.2) is 0 Å². The number of hydrogen-bond acceptors (Lipinski definition) is 3. The van der Waals surface area contributed by atoms with Crippen LogP contribution in [0.4, 0.5) is 0 Å². The highest BCUT2D eigenvalue weighted by atomic mass is 16.3. The van der Waals surface area contributed by atoms with Gasteiger partial charge in [0.05, 0.1) is 6.10 Å². The zero-order chi connectivity index (χ0) is 12.4. The van der Waals surface area contributed by atoms with Gasteiger partial charge in [0.2, 0.25) is 0 Å². The third kappa shape index (κ3) is 2.55. The van der Waals surface area contributed by atoms with Crippen molar-refractivity contribution < 1.29 is 9.90 Å². The summed E-state index contributed by atoms with van der Waals surface area (Å²) >= 11 is 0. The highest BCUT2D eigenvalue weighted by molar-refractivity contribution is 5.93. The van der Waals surface area contributed by atoms with Gasteiger partial charge in [0, 0.05) is 32.1 Å². The molecule has 1 amide bonds. The van der Waals surface area contributed by atoms with Gasteiger partial charge in [0.15, 0.2) is 5.43 Å². The van der Waals surface area contributed by atoms with Crippen LogP contribution in [0.2, 0.25) is 0 Å². The molecule has 1 aliphatic carbocycles. The molecule has 92 valence electrons. The molecule has 1 saturated carbocycles. The maximum absolute atomic E-state index is 12.0. The fourth-order valence-electron chi connectivity index (χ4n) is 2.11. The summed E-state index contributed by atoms with van der Waals surface area (Å²) in [5.41, 5.74) is -0.107. The molecular weight excluding hydrogens is 220 g/mol. The number of H-pyrrole nitrogens is 1. The van der Waals surface area contributed by atoms with Crippen molar-refractivity contribution in [1.29, 1.82) is 0 Å². The lowest BCUT2D eigenvalue weighted by molar-refractivity contribution is 0.0265. The number of carbonyl (C=O) groups is 1. The van der Waals surface area contributed by atoms with E-state index in [0.29, 0.717) is 12.5 Å². The Kier molecular flexibility index (Phi) is 3.28. The summed E-state index contributed by atoms with van der Waals surface area (Å²) in [5, 5.41) is 9.17. The maximum atomic E-state index is 12.0. The second kappa shape index (κ2) is 4.71. The first kappa shape index (κ1) is 11.9. The molecule has 5 heteroatoms. The topological polar surface area (TPSA) is 73.4 Å². The van der Waals surface area contributed by atoms with Gasteiger partial charge in [0.1, 0.15) is 5.56 Å². The molecule has 0 atom stereocenters. The number of rotatable bonds is 3. The highest BCUT2D eigenvalue weighted by Gasteiger charge is 2.29. The first-order valence-corrected chi connectivity index (χ1v) is 5.68. The number of carbonyl (C=O) groups excluding carboxylic acids is 1. The van der Waals surface area contributed by atoms with E-state index < -0.39 is 0 Å². The number of aromatic amines is 1. The zero-order valence-electron chi connectivity index (χ0n) is 9.72. The first-order valence-electron chi connectivity index (χ1n) is 5.68. The highest BCUT2D eigenvalue weighted by Crippen LogP contribution is 2.27. The molecule has 1 fully saturated rings. The van der Waals surface area contributed by atoms with Crippen molar-refractivity contribution >= 4 is 5.91 Å². The molecule has 1 aromatic heterocycles. The Hall–Kier alpha value is -1.62. The van der Waals surface area contributed by atoms with Crippen molar-refractivity contribution in [2.45, 2.75) is 18.9 Å². The summed E-state index contributed by atoms with van der Waals surface area (Å²) in [6.07, 6.45) is 4.19. The molecule has 1 aliphatic rings. The van der Waals surface area contributed by atoms with Crippen LogP contribution in [0, 0.1) is 5.92 Å². The molecule has 1 heterocycles. The first-order chi connectivity index (χ1) is 8.08. The second-order valence-electron chi connectivity index (χ2n) is 4.60. The van der Waals surface area contributed by atoms with E-state index >= 15 is 0 Å². The van der Waals surface area contributed by atoms with E-state index in [2.05, 4.69) is 4.98 Å². The van der Waals surface area contributed by atoms with E-state index in [1.807, 2.05) is 0 Å². The van der Waals surface area contributed by atoms with Gasteiger partial charge in [-0.3, -0.25) is 9.59 Å². The lowest BCUT2D eigenvalue weighted by atomic mass is 9.82. The number of nitrogens with one attached hydrogen (secondary N) is 1. The summed E-state index contributed by atoms with van der Waals surface area (Å²) in [6, 6.07) is 1.34. The van der Waals surface area contributed by atoms with Crippen LogP contribution in [-0.4, -0.2) is 40.6 Å². The predicted octanol–water partition coefficient (Wildman–Crippen LogP) is 0.218. The monoisotopic (exact) mass is 236 g/mol. The van der Waals surface area contributed by atoms with Crippen LogP contribution >= 0.6 is 0 Å². The number of aliphatic hydroxyl groups is 1. The summed E-state index contributed by atoms with van der Waals surface area (Å²) in [6.45, 7) is 0.588. The largest absolute Gasteiger partial charge is 0.393 e. The van der Waals surface area contributed by atoms with Crippen molar-refractivity contribution in [2.75, 3.05) is 13.6 Å². The Morgan fingerprint density at radius 1 is 1.59 bits per heavy atom. The van der Waals surface area contributed by atoms with Crippen LogP contribution in [0.3, 0.4) is 0 Å². The Morgan fingerprint density at radius 2 is 2.29 bits per heavy atom. The average Bonchev–Trinajstić information content (AvgIpc) is 2.26. The van der Waals surface area contributed by atoms with E-state index in [0.717, 1.165) is 12.8 Å². The quantitative estimate of drug-likeness (QED) is 0.788. The van der Waals surface area contributed by atoms with Crippen LogP contribution in [0.1, 0.15) is 23.2 Å². The van der Waals surface area contributed by atoms with E-state index in [9.17, 15) is 14.7 Å². The van der Waals surface area contributed by atoms with Crippen LogP contribution in [-0.2, 0) is 0 Å². The van der Waals surface area contributed by atoms with Crippen molar-refractivity contribution in [1.82, 2.24) is 9.88 Å². The molecule has 0 bridgehead atoms. The number of aliphatic hydroxyl groups excluding tert-OH is 1. The fourth-order valence-corrected chi connectivity index (χ4v) is 2.11. The molecule has 2 rings (SSSR count). The van der Waals surface area contributed by atoms with E-state index in [1.54, 1.807) is 11.9 Å². The smallest absolute Gasteiger partial charge is 0.259 e. The number of nitrogens with zero attached hydrogens (tertiary/aromatic N) is 1. The standard InChI is InChI=1S/C12H16N2O3/c1-14(7-8-4-9(15)5-8)12(17)10-6-13-3-2-11(10)16/h2-3,6,8-9,15H,4-5,7H2,1H3,(H,13,16). The van der Waals surface area contributed by atoms with Crippen LogP contribution in [0.15, 0.2) is 23.3 Å². The Balaban J connectivity index is 2.00. The summed E-state index contributed by atoms with van der Waals surface area (Å²) < 4.78 is 0. The number of hydrogen-bond donors (Lipinski definition) is 2. The van der Waals surface area contributed by atoms with Crippen molar-refractivity contribution in [3.05, 3.63) is 34.2 Å². The molecule has 1 aromatic rings. The maximum Gasteiger partial charge on any atom is 0.259 e. The normalized spacial score (nSPS) is 22.9. The fraction of sp³-hybridized carbons (Fsp3) is 0.500. The molecule has 17 heavy (non-hydrogen) atoms. The SMILES string of the molecule is CN(CC1CC(O)C1)C(=O)c1c[nH]ccc1=O. The minimum absolute atomic E-state index is 0.162. The van der Waals surface area contributed by atoms with Crippen molar-refractivity contribution in [2.24, 2.45) is 5.92 Å². The van der Waals surface area contributed by atoms with Crippen LogP contribution in [0.5, 0.6) is 0 Å². The van der Waals surface area contributed by atoms with E-state index in [1.165, 1.54) is 18.5 Å². The third-order valence-electron chi connectivity index (χ3n) is 3.14. The molecule has 0 spiro atoms. The number of aromatic nitrogens is 1. The van der Waals surface area contributed by atoms with Crippen molar-refractivity contribution in [3.63, 3.8) is 0 Å². The molecule has 2 N–H and O–H groups in total. The summed E-state index contributed by atoms with van der Waals surface area (Å²) in [7, 11) is 1.68. The lowest BCUT2D eigenvalue weighted by Crippen LogP contribution is -2.40. The minimum Gasteiger partial charge on any atom is -0.393 e. The van der Waals surface area contributed by atoms with E-state index in [-0.39, 0.29) is 23.0 Å². The van der Waals surface area contributed by atoms with Gasteiger partial charge in [-0.2, -0.15) is 0 Å². The third-order valence-corrected chi connectivity index (χ3v) is 3.14. The number of amides is 1. The van der Waals surface area contributed by atoms with Crippen LogP contribution in [0.25, 0.3) is 0 Å². The number of pyridine rings is 1. The van der Waals surface area contributed by atoms with Crippen molar-refractivity contribution in [3.8, 4) is 0 Å². The van der Waals surface area contributed by atoms with Gasteiger partial charge in [-0.15, -0.1) is 0 Å². The van der Waals surface area contributed by atoms with Gasteiger partial charge in [-0.05, 0) is 18.8 Å². The van der Waals surface area contributed by atoms with Crippen LogP contribution < -0.4 is 5.43 Å². The molecule has 0 radical (unpaired) electrons. The van der Waals surface area contributed by atoms with E-state index in [4.69, 9.17) is 0 Å². The van der Waals surface area contributed by atoms with Gasteiger partial charge in [-0.1, -0.05) is 0 Å².